The third-order valence-corrected chi connectivity index (χ3v) is 5.07. The molecule has 1 N–H and O–H groups in total. The molecule has 26 heavy (non-hydrogen) atoms. The first-order valence-corrected chi connectivity index (χ1v) is 9.52. The summed E-state index contributed by atoms with van der Waals surface area (Å²) in [6, 6.07) is 17.6. The van der Waals surface area contributed by atoms with Gasteiger partial charge in [-0.1, -0.05) is 55.9 Å². The Bertz CT molecular complexity index is 848. The fourth-order valence-corrected chi connectivity index (χ4v) is 3.15. The van der Waals surface area contributed by atoms with Crippen LogP contribution in [0.5, 0.6) is 0 Å². The molecule has 134 valence electrons. The van der Waals surface area contributed by atoms with Crippen molar-refractivity contribution in [2.75, 3.05) is 11.1 Å². The van der Waals surface area contributed by atoms with Crippen LogP contribution >= 0.6 is 11.8 Å². The summed E-state index contributed by atoms with van der Waals surface area (Å²) in [5, 5.41) is 15.2. The van der Waals surface area contributed by atoms with Crippen LogP contribution in [-0.2, 0) is 4.79 Å². The Morgan fingerprint density at radius 2 is 1.88 bits per heavy atom. The van der Waals surface area contributed by atoms with Crippen LogP contribution in [0.2, 0.25) is 0 Å². The molecule has 7 heteroatoms. The van der Waals surface area contributed by atoms with Crippen LogP contribution in [0.1, 0.15) is 31.7 Å². The number of thioether (sulfide) groups is 1. The molecule has 3 rings (SSSR count). The number of carbonyl (C=O) groups excluding carboxylic acids is 1. The summed E-state index contributed by atoms with van der Waals surface area (Å²) >= 11 is 1.30. The maximum atomic E-state index is 12.2. The number of rotatable bonds is 7. The Kier molecular flexibility index (Phi) is 6.01. The summed E-state index contributed by atoms with van der Waals surface area (Å²) in [4.78, 5) is 12.2. The van der Waals surface area contributed by atoms with Crippen molar-refractivity contribution in [3.8, 4) is 5.69 Å². The van der Waals surface area contributed by atoms with Gasteiger partial charge in [0.25, 0.3) is 0 Å². The number of nitrogens with one attached hydrogen (secondary N) is 1. The lowest BCUT2D eigenvalue weighted by Crippen LogP contribution is -2.14. The zero-order valence-electron chi connectivity index (χ0n) is 14.8. The van der Waals surface area contributed by atoms with Gasteiger partial charge in [-0.15, -0.1) is 5.10 Å². The lowest BCUT2D eigenvalue weighted by molar-refractivity contribution is -0.113. The molecule has 0 aliphatic rings. The summed E-state index contributed by atoms with van der Waals surface area (Å²) < 4.78 is 1.62. The van der Waals surface area contributed by atoms with Gasteiger partial charge in [0.05, 0.1) is 11.4 Å². The van der Waals surface area contributed by atoms with E-state index in [1.165, 1.54) is 17.3 Å². The van der Waals surface area contributed by atoms with Crippen molar-refractivity contribution in [3.05, 3.63) is 60.2 Å². The van der Waals surface area contributed by atoms with Crippen LogP contribution in [0.25, 0.3) is 5.69 Å². The number of amides is 1. The van der Waals surface area contributed by atoms with E-state index in [4.69, 9.17) is 0 Å². The molecule has 1 aromatic heterocycles. The normalized spacial score (nSPS) is 11.9. The van der Waals surface area contributed by atoms with Gasteiger partial charge in [-0.2, -0.15) is 4.68 Å². The van der Waals surface area contributed by atoms with Gasteiger partial charge in [-0.05, 0) is 52.6 Å². The molecule has 1 heterocycles. The van der Waals surface area contributed by atoms with Crippen LogP contribution in [0.3, 0.4) is 0 Å². The van der Waals surface area contributed by atoms with Gasteiger partial charge in [0, 0.05) is 5.69 Å². The molecule has 0 fully saturated rings. The Labute approximate surface area is 157 Å². The van der Waals surface area contributed by atoms with Gasteiger partial charge < -0.3 is 5.32 Å². The van der Waals surface area contributed by atoms with Gasteiger partial charge in [0.15, 0.2) is 0 Å². The Morgan fingerprint density at radius 3 is 2.58 bits per heavy atom. The van der Waals surface area contributed by atoms with E-state index in [1.807, 2.05) is 42.5 Å². The molecule has 1 atom stereocenters. The van der Waals surface area contributed by atoms with Crippen molar-refractivity contribution in [2.45, 2.75) is 31.3 Å². The van der Waals surface area contributed by atoms with Crippen molar-refractivity contribution in [3.63, 3.8) is 0 Å². The summed E-state index contributed by atoms with van der Waals surface area (Å²) in [6.07, 6.45) is 1.10. The van der Waals surface area contributed by atoms with Gasteiger partial charge in [-0.25, -0.2) is 0 Å². The van der Waals surface area contributed by atoms with Crippen LogP contribution in [0.15, 0.2) is 59.8 Å². The number of nitrogens with zero attached hydrogens (tertiary/aromatic N) is 4. The topological polar surface area (TPSA) is 72.7 Å². The monoisotopic (exact) mass is 367 g/mol. The second-order valence-electron chi connectivity index (χ2n) is 5.98. The molecule has 0 bridgehead atoms. The van der Waals surface area contributed by atoms with Crippen molar-refractivity contribution >= 4 is 23.4 Å². The van der Waals surface area contributed by atoms with Crippen molar-refractivity contribution in [1.29, 1.82) is 0 Å². The number of benzene rings is 2. The van der Waals surface area contributed by atoms with E-state index in [0.29, 0.717) is 11.1 Å². The predicted molar refractivity (Wildman–Crippen MR) is 104 cm³/mol. The maximum Gasteiger partial charge on any atom is 0.234 e. The van der Waals surface area contributed by atoms with E-state index >= 15 is 0 Å². The first kappa shape index (κ1) is 18.1. The van der Waals surface area contributed by atoms with E-state index in [1.54, 1.807) is 4.68 Å². The lowest BCUT2D eigenvalue weighted by Gasteiger charge is -2.10. The van der Waals surface area contributed by atoms with Gasteiger partial charge in [-0.3, -0.25) is 4.79 Å². The van der Waals surface area contributed by atoms with Gasteiger partial charge >= 0.3 is 0 Å². The minimum Gasteiger partial charge on any atom is -0.325 e. The van der Waals surface area contributed by atoms with Gasteiger partial charge in [0.2, 0.25) is 11.1 Å². The van der Waals surface area contributed by atoms with Crippen LogP contribution < -0.4 is 5.32 Å². The Hall–Kier alpha value is -2.67. The molecule has 0 spiro atoms. The molecule has 0 saturated heterocycles. The number of anilines is 1. The molecule has 0 aliphatic heterocycles. The van der Waals surface area contributed by atoms with E-state index in [0.717, 1.165) is 17.8 Å². The summed E-state index contributed by atoms with van der Waals surface area (Å²) in [7, 11) is 0. The Balaban J connectivity index is 1.58. The zero-order valence-corrected chi connectivity index (χ0v) is 15.6. The van der Waals surface area contributed by atoms with E-state index < -0.39 is 0 Å². The average Bonchev–Trinajstić information content (AvgIpc) is 3.16. The third-order valence-electron chi connectivity index (χ3n) is 4.15. The number of hydrogen-bond donors (Lipinski definition) is 1. The van der Waals surface area contributed by atoms with Crippen LogP contribution in [0.4, 0.5) is 5.69 Å². The lowest BCUT2D eigenvalue weighted by atomic mass is 9.99. The molecular weight excluding hydrogens is 346 g/mol. The molecule has 0 radical (unpaired) electrons. The first-order valence-electron chi connectivity index (χ1n) is 8.53. The van der Waals surface area contributed by atoms with E-state index in [9.17, 15) is 4.79 Å². The summed E-state index contributed by atoms with van der Waals surface area (Å²) in [5.41, 5.74) is 2.94. The van der Waals surface area contributed by atoms with E-state index in [-0.39, 0.29) is 11.7 Å². The summed E-state index contributed by atoms with van der Waals surface area (Å²) in [5.74, 6) is 0.668. The fraction of sp³-hybridized carbons (Fsp3) is 0.263. The molecular formula is C19H21N5OS. The Morgan fingerprint density at radius 1 is 1.15 bits per heavy atom. The maximum absolute atomic E-state index is 12.2. The average molecular weight is 367 g/mol. The van der Waals surface area contributed by atoms with Crippen molar-refractivity contribution < 1.29 is 4.79 Å². The minimum absolute atomic E-state index is 0.0890. The first-order chi connectivity index (χ1) is 12.7. The van der Waals surface area contributed by atoms with Crippen LogP contribution in [-0.4, -0.2) is 31.9 Å². The molecule has 3 aromatic rings. The van der Waals surface area contributed by atoms with Gasteiger partial charge in [0.1, 0.15) is 0 Å². The summed E-state index contributed by atoms with van der Waals surface area (Å²) in [6.45, 7) is 4.36. The number of aromatic nitrogens is 4. The zero-order chi connectivity index (χ0) is 18.4. The largest absolute Gasteiger partial charge is 0.325 e. The smallest absolute Gasteiger partial charge is 0.234 e. The highest BCUT2D eigenvalue weighted by Crippen LogP contribution is 2.21. The molecule has 0 saturated carbocycles. The molecule has 1 amide bonds. The van der Waals surface area contributed by atoms with Crippen LogP contribution in [0, 0.1) is 0 Å². The second kappa shape index (κ2) is 8.62. The number of para-hydroxylation sites is 1. The predicted octanol–water partition coefficient (Wildman–Crippen LogP) is 3.91. The van der Waals surface area contributed by atoms with E-state index in [2.05, 4.69) is 46.8 Å². The number of tetrazole rings is 1. The molecule has 6 nitrogen and oxygen atoms in total. The standard InChI is InChI=1S/C19H21N5OS/c1-3-14(2)15-9-11-16(12-10-15)20-18(25)13-26-19-21-22-23-24(19)17-7-5-4-6-8-17/h4-12,14H,3,13H2,1-2H3,(H,20,25)/t14-/m1/s1. The molecule has 2 aromatic carbocycles. The highest BCUT2D eigenvalue weighted by atomic mass is 32.2. The minimum atomic E-state index is -0.0890. The fourth-order valence-electron chi connectivity index (χ4n) is 2.46. The number of hydrogen-bond acceptors (Lipinski definition) is 5. The van der Waals surface area contributed by atoms with Crippen molar-refractivity contribution in [1.82, 2.24) is 20.2 Å². The quantitative estimate of drug-likeness (QED) is 0.641. The molecule has 0 unspecified atom stereocenters. The second-order valence-corrected chi connectivity index (χ2v) is 6.92. The SMILES string of the molecule is CC[C@@H](C)c1ccc(NC(=O)CSc2nnnn2-c2ccccc2)cc1. The number of carbonyl (C=O) groups is 1. The molecule has 0 aliphatic carbocycles. The highest BCUT2D eigenvalue weighted by Gasteiger charge is 2.11. The van der Waals surface area contributed by atoms with Crippen molar-refractivity contribution in [2.24, 2.45) is 0 Å². The highest BCUT2D eigenvalue weighted by molar-refractivity contribution is 7.99. The third kappa shape index (κ3) is 4.49.